The molecule has 1 N–H and O–H groups in total. The van der Waals surface area contributed by atoms with E-state index >= 15 is 0 Å². The number of nitrogens with one attached hydrogen (secondary N) is 1. The van der Waals surface area contributed by atoms with E-state index in [9.17, 15) is 14.4 Å². The van der Waals surface area contributed by atoms with Crippen LogP contribution in [0, 0.1) is 0 Å². The highest BCUT2D eigenvalue weighted by Gasteiger charge is 2.38. The van der Waals surface area contributed by atoms with Crippen LogP contribution < -0.4 is 5.32 Å². The van der Waals surface area contributed by atoms with E-state index in [2.05, 4.69) is 0 Å². The van der Waals surface area contributed by atoms with E-state index < -0.39 is 17.8 Å². The molecule has 4 amide bonds. The number of imide groups is 2. The molecule has 82 valence electrons. The normalized spacial score (nSPS) is 27.1. The fourth-order valence-electron chi connectivity index (χ4n) is 1.75. The maximum absolute atomic E-state index is 11.2. The molecule has 2 fully saturated rings. The van der Waals surface area contributed by atoms with Crippen molar-refractivity contribution in [1.29, 1.82) is 0 Å². The topological polar surface area (TPSA) is 75.7 Å². The summed E-state index contributed by atoms with van der Waals surface area (Å²) in [7, 11) is 0. The van der Waals surface area contributed by atoms with Gasteiger partial charge in [0.15, 0.2) is 0 Å². The molecule has 0 bridgehead atoms. The van der Waals surface area contributed by atoms with Crippen LogP contribution in [0.3, 0.4) is 0 Å². The van der Waals surface area contributed by atoms with Crippen LogP contribution in [0.4, 0.5) is 4.79 Å². The number of amides is 4. The summed E-state index contributed by atoms with van der Waals surface area (Å²) in [6.45, 7) is 0.832. The number of carbonyl (C=O) groups excluding carboxylic acids is 3. The molecule has 0 aromatic rings. The Balaban J connectivity index is 1.95. The van der Waals surface area contributed by atoms with Crippen LogP contribution in [0.15, 0.2) is 0 Å². The van der Waals surface area contributed by atoms with Gasteiger partial charge in [-0.1, -0.05) is 0 Å². The summed E-state index contributed by atoms with van der Waals surface area (Å²) >= 11 is 0. The fourth-order valence-corrected chi connectivity index (χ4v) is 1.75. The molecule has 0 aromatic heterocycles. The van der Waals surface area contributed by atoms with E-state index in [4.69, 9.17) is 4.74 Å². The van der Waals surface area contributed by atoms with Gasteiger partial charge in [0.05, 0.1) is 12.6 Å². The third kappa shape index (κ3) is 1.99. The molecule has 2 heterocycles. The van der Waals surface area contributed by atoms with Gasteiger partial charge in [-0.05, 0) is 19.3 Å². The first-order chi connectivity index (χ1) is 7.18. The Bertz CT molecular complexity index is 309. The lowest BCUT2D eigenvalue weighted by Crippen LogP contribution is -2.40. The molecule has 0 spiro atoms. The molecule has 6 heteroatoms. The summed E-state index contributed by atoms with van der Waals surface area (Å²) in [5, 5.41) is 1.95. The van der Waals surface area contributed by atoms with Crippen LogP contribution in [0.2, 0.25) is 0 Å². The summed E-state index contributed by atoms with van der Waals surface area (Å²) in [6, 6.07) is -0.640. The summed E-state index contributed by atoms with van der Waals surface area (Å²) < 4.78 is 5.39. The van der Waals surface area contributed by atoms with Crippen LogP contribution in [-0.2, 0) is 14.3 Å². The van der Waals surface area contributed by atoms with E-state index in [0.29, 0.717) is 6.61 Å². The van der Waals surface area contributed by atoms with E-state index in [-0.39, 0.29) is 12.6 Å². The number of carbonyl (C=O) groups is 3. The standard InChI is InChI=1S/C9H12N2O4/c12-7-8(13)11(9(14)10-7)5-6-3-1-2-4-15-6/h6H,1-5H2,(H,10,12,14). The van der Waals surface area contributed by atoms with E-state index in [1.165, 1.54) is 0 Å². The minimum absolute atomic E-state index is 0.126. The van der Waals surface area contributed by atoms with Crippen molar-refractivity contribution in [2.45, 2.75) is 25.4 Å². The second-order valence-corrected chi connectivity index (χ2v) is 3.66. The molecule has 0 radical (unpaired) electrons. The monoisotopic (exact) mass is 212 g/mol. The second kappa shape index (κ2) is 3.98. The Morgan fingerprint density at radius 3 is 2.67 bits per heavy atom. The van der Waals surface area contributed by atoms with Gasteiger partial charge < -0.3 is 4.74 Å². The third-order valence-electron chi connectivity index (χ3n) is 2.57. The van der Waals surface area contributed by atoms with Crippen LogP contribution in [-0.4, -0.2) is 42.0 Å². The maximum atomic E-state index is 11.2. The molecule has 1 unspecified atom stereocenters. The van der Waals surface area contributed by atoms with Crippen molar-refractivity contribution < 1.29 is 19.1 Å². The number of hydrogen-bond donors (Lipinski definition) is 1. The Kier molecular flexibility index (Phi) is 2.68. The molecular weight excluding hydrogens is 200 g/mol. The number of rotatable bonds is 2. The van der Waals surface area contributed by atoms with Gasteiger partial charge in [0.1, 0.15) is 0 Å². The predicted octanol–water partition coefficient (Wildman–Crippen LogP) is -0.366. The highest BCUT2D eigenvalue weighted by Crippen LogP contribution is 2.15. The molecule has 0 saturated carbocycles. The van der Waals surface area contributed by atoms with Gasteiger partial charge in [-0.3, -0.25) is 19.8 Å². The summed E-state index contributed by atoms with van der Waals surface area (Å²) in [5.74, 6) is -1.63. The number of urea groups is 1. The van der Waals surface area contributed by atoms with Crippen molar-refractivity contribution in [2.75, 3.05) is 13.2 Å². The highest BCUT2D eigenvalue weighted by molar-refractivity contribution is 6.44. The quantitative estimate of drug-likeness (QED) is 0.500. The molecule has 0 aliphatic carbocycles. The number of ether oxygens (including phenoxy) is 1. The van der Waals surface area contributed by atoms with E-state index in [0.717, 1.165) is 24.2 Å². The molecule has 6 nitrogen and oxygen atoms in total. The smallest absolute Gasteiger partial charge is 0.331 e. The third-order valence-corrected chi connectivity index (χ3v) is 2.57. The zero-order valence-electron chi connectivity index (χ0n) is 8.19. The zero-order chi connectivity index (χ0) is 10.8. The van der Waals surface area contributed by atoms with E-state index in [1.807, 2.05) is 5.32 Å². The molecule has 15 heavy (non-hydrogen) atoms. The lowest BCUT2D eigenvalue weighted by molar-refractivity contribution is -0.141. The van der Waals surface area contributed by atoms with Gasteiger partial charge in [0.2, 0.25) is 0 Å². The predicted molar refractivity (Wildman–Crippen MR) is 48.8 cm³/mol. The van der Waals surface area contributed by atoms with Crippen molar-refractivity contribution in [2.24, 2.45) is 0 Å². The molecule has 2 aliphatic heterocycles. The van der Waals surface area contributed by atoms with E-state index in [1.54, 1.807) is 0 Å². The van der Waals surface area contributed by atoms with Crippen molar-refractivity contribution in [3.63, 3.8) is 0 Å². The van der Waals surface area contributed by atoms with Gasteiger partial charge in [0.25, 0.3) is 0 Å². The molecule has 1 atom stereocenters. The Morgan fingerprint density at radius 1 is 1.33 bits per heavy atom. The van der Waals surface area contributed by atoms with Crippen LogP contribution in [0.1, 0.15) is 19.3 Å². The second-order valence-electron chi connectivity index (χ2n) is 3.66. The van der Waals surface area contributed by atoms with Crippen LogP contribution >= 0.6 is 0 Å². The van der Waals surface area contributed by atoms with Gasteiger partial charge >= 0.3 is 17.8 Å². The van der Waals surface area contributed by atoms with Gasteiger partial charge in [-0.25, -0.2) is 4.79 Å². The van der Waals surface area contributed by atoms with Crippen molar-refractivity contribution in [3.8, 4) is 0 Å². The van der Waals surface area contributed by atoms with Crippen LogP contribution in [0.25, 0.3) is 0 Å². The molecule has 2 aliphatic rings. The maximum Gasteiger partial charge on any atom is 0.331 e. The summed E-state index contributed by atoms with van der Waals surface area (Å²) in [4.78, 5) is 34.2. The van der Waals surface area contributed by atoms with Crippen molar-refractivity contribution in [3.05, 3.63) is 0 Å². The molecular formula is C9H12N2O4. The average molecular weight is 212 g/mol. The minimum atomic E-state index is -0.851. The molecule has 2 rings (SSSR count). The Morgan fingerprint density at radius 2 is 2.13 bits per heavy atom. The first-order valence-corrected chi connectivity index (χ1v) is 4.97. The summed E-state index contributed by atoms with van der Waals surface area (Å²) in [5.41, 5.74) is 0. The summed E-state index contributed by atoms with van der Waals surface area (Å²) in [6.07, 6.45) is 2.74. The Hall–Kier alpha value is -1.43. The van der Waals surface area contributed by atoms with Crippen molar-refractivity contribution >= 4 is 17.8 Å². The average Bonchev–Trinajstić information content (AvgIpc) is 2.47. The minimum Gasteiger partial charge on any atom is -0.376 e. The largest absolute Gasteiger partial charge is 0.376 e. The molecule has 2 saturated heterocycles. The fraction of sp³-hybridized carbons (Fsp3) is 0.667. The van der Waals surface area contributed by atoms with Crippen molar-refractivity contribution in [1.82, 2.24) is 10.2 Å². The highest BCUT2D eigenvalue weighted by atomic mass is 16.5. The van der Waals surface area contributed by atoms with Gasteiger partial charge in [-0.15, -0.1) is 0 Å². The first-order valence-electron chi connectivity index (χ1n) is 4.97. The lowest BCUT2D eigenvalue weighted by Gasteiger charge is -2.25. The Labute approximate surface area is 86.6 Å². The SMILES string of the molecule is O=C1NC(=O)N(CC2CCCCO2)C1=O. The number of hydrogen-bond acceptors (Lipinski definition) is 4. The van der Waals surface area contributed by atoms with Gasteiger partial charge in [-0.2, -0.15) is 0 Å². The molecule has 0 aromatic carbocycles. The lowest BCUT2D eigenvalue weighted by atomic mass is 10.1. The number of nitrogens with zero attached hydrogens (tertiary/aromatic N) is 1. The van der Waals surface area contributed by atoms with Crippen LogP contribution in [0.5, 0.6) is 0 Å². The zero-order valence-corrected chi connectivity index (χ0v) is 8.19. The first kappa shape index (κ1) is 10.1. The van der Waals surface area contributed by atoms with Gasteiger partial charge in [0, 0.05) is 6.61 Å².